The van der Waals surface area contributed by atoms with Crippen molar-refractivity contribution in [2.45, 2.75) is 24.7 Å². The van der Waals surface area contributed by atoms with Crippen molar-refractivity contribution in [3.05, 3.63) is 57.1 Å². The third-order valence-corrected chi connectivity index (χ3v) is 5.19. The molecule has 0 saturated carbocycles. The summed E-state index contributed by atoms with van der Waals surface area (Å²) in [6, 6.07) is 3.78. The molecule has 2 aliphatic rings. The molecule has 0 aliphatic heterocycles. The van der Waals surface area contributed by atoms with Crippen LogP contribution in [0.5, 0.6) is 0 Å². The van der Waals surface area contributed by atoms with Gasteiger partial charge in [0.2, 0.25) is 0 Å². The smallest absolute Gasteiger partial charge is 0.339 e. The monoisotopic (exact) mass is 372 g/mol. The minimum Gasteiger partial charge on any atom is -0.465 e. The number of ketones is 1. The molecule has 0 radical (unpaired) electrons. The van der Waals surface area contributed by atoms with Crippen molar-refractivity contribution in [2.75, 3.05) is 7.11 Å². The normalized spacial score (nSPS) is 21.4. The Morgan fingerprint density at radius 1 is 1.22 bits per heavy atom. The molecule has 0 saturated heterocycles. The first-order valence-electron chi connectivity index (χ1n) is 7.28. The Hall–Kier alpha value is -2.08. The van der Waals surface area contributed by atoms with Crippen LogP contribution in [0.1, 0.15) is 32.9 Å². The summed E-state index contributed by atoms with van der Waals surface area (Å²) in [4.78, 5) is 33.2. The Bertz CT molecular complexity index is 865. The number of hydrogen-bond donors (Lipinski definition) is 0. The molecule has 0 unspecified atom stereocenters. The number of fused-ring (bicyclic) bond motifs is 3. The second kappa shape index (κ2) is 4.96. The molecule has 2 aromatic rings. The topological polar surface area (TPSA) is 69.2 Å². The molecule has 0 N–H and O–H groups in total. The highest BCUT2D eigenvalue weighted by atomic mass is 79.9. The fourth-order valence-corrected chi connectivity index (χ4v) is 3.97. The van der Waals surface area contributed by atoms with Crippen molar-refractivity contribution >= 4 is 27.7 Å². The third-order valence-electron chi connectivity index (χ3n) is 4.76. The standard InChI is InChI=1S/C17H13BrN2O3/c1-23-16(22)10-2-9-5-17(6-14(9)19-7-10)12-3-11(18)8-20-13(12)4-15(17)21/h2-3,7-8H,4-6H2,1H3/t17-/m0/s1. The van der Waals surface area contributed by atoms with Gasteiger partial charge in [-0.2, -0.15) is 0 Å². The Morgan fingerprint density at radius 3 is 2.78 bits per heavy atom. The second-order valence-electron chi connectivity index (χ2n) is 6.00. The Morgan fingerprint density at radius 2 is 2.00 bits per heavy atom. The number of hydrogen-bond acceptors (Lipinski definition) is 5. The van der Waals surface area contributed by atoms with Gasteiger partial charge in [0.05, 0.1) is 23.8 Å². The zero-order valence-corrected chi connectivity index (χ0v) is 14.0. The number of carbonyl (C=O) groups is 2. The van der Waals surface area contributed by atoms with Gasteiger partial charge in [-0.25, -0.2) is 4.79 Å². The quantitative estimate of drug-likeness (QED) is 0.717. The number of aromatic nitrogens is 2. The van der Waals surface area contributed by atoms with Gasteiger partial charge in [0, 0.05) is 35.4 Å². The summed E-state index contributed by atoms with van der Waals surface area (Å²) in [6.07, 6.45) is 4.72. The van der Waals surface area contributed by atoms with Gasteiger partial charge in [-0.15, -0.1) is 0 Å². The van der Waals surface area contributed by atoms with Crippen LogP contribution in [0.15, 0.2) is 29.0 Å². The first kappa shape index (κ1) is 14.5. The number of halogens is 1. The summed E-state index contributed by atoms with van der Waals surface area (Å²) in [5.41, 5.74) is 3.47. The molecule has 0 aromatic carbocycles. The molecule has 2 aliphatic carbocycles. The number of esters is 1. The summed E-state index contributed by atoms with van der Waals surface area (Å²) in [5, 5.41) is 0. The molecule has 0 bridgehead atoms. The van der Waals surface area contributed by atoms with E-state index < -0.39 is 11.4 Å². The molecular weight excluding hydrogens is 360 g/mol. The van der Waals surface area contributed by atoms with Crippen molar-refractivity contribution in [1.29, 1.82) is 0 Å². The van der Waals surface area contributed by atoms with Crippen molar-refractivity contribution in [1.82, 2.24) is 9.97 Å². The van der Waals surface area contributed by atoms with Crippen molar-refractivity contribution in [3.63, 3.8) is 0 Å². The SMILES string of the molecule is COC(=O)c1cnc2c(c1)C[C@@]1(C2)C(=O)Cc2ncc(Br)cc21. The van der Waals surface area contributed by atoms with Gasteiger partial charge in [0.25, 0.3) is 0 Å². The molecule has 1 spiro atoms. The van der Waals surface area contributed by atoms with Gasteiger partial charge < -0.3 is 4.74 Å². The largest absolute Gasteiger partial charge is 0.465 e. The fourth-order valence-electron chi connectivity index (χ4n) is 3.64. The summed E-state index contributed by atoms with van der Waals surface area (Å²) >= 11 is 3.44. The Labute approximate surface area is 141 Å². The lowest BCUT2D eigenvalue weighted by molar-refractivity contribution is -0.122. The molecule has 0 fully saturated rings. The summed E-state index contributed by atoms with van der Waals surface area (Å²) in [5.74, 6) is -0.237. The van der Waals surface area contributed by atoms with E-state index in [1.54, 1.807) is 12.3 Å². The van der Waals surface area contributed by atoms with E-state index >= 15 is 0 Å². The lowest BCUT2D eigenvalue weighted by Crippen LogP contribution is -2.32. The van der Waals surface area contributed by atoms with Crippen LogP contribution in [0.3, 0.4) is 0 Å². The first-order valence-corrected chi connectivity index (χ1v) is 8.07. The van der Waals surface area contributed by atoms with Crippen molar-refractivity contribution < 1.29 is 14.3 Å². The van der Waals surface area contributed by atoms with Crippen LogP contribution in [-0.2, 0) is 34.2 Å². The highest BCUT2D eigenvalue weighted by molar-refractivity contribution is 9.10. The van der Waals surface area contributed by atoms with Gasteiger partial charge in [-0.1, -0.05) is 0 Å². The summed E-state index contributed by atoms with van der Waals surface area (Å²) in [6.45, 7) is 0. The fraction of sp³-hybridized carbons (Fsp3) is 0.294. The van der Waals surface area contributed by atoms with Crippen LogP contribution < -0.4 is 0 Å². The highest BCUT2D eigenvalue weighted by Crippen LogP contribution is 2.46. The number of carbonyl (C=O) groups excluding carboxylic acids is 2. The van der Waals surface area contributed by atoms with Crippen LogP contribution in [0.4, 0.5) is 0 Å². The van der Waals surface area contributed by atoms with E-state index in [0.29, 0.717) is 24.8 Å². The zero-order valence-electron chi connectivity index (χ0n) is 12.4. The van der Waals surface area contributed by atoms with Crippen molar-refractivity contribution in [2.24, 2.45) is 0 Å². The van der Waals surface area contributed by atoms with E-state index in [9.17, 15) is 9.59 Å². The van der Waals surface area contributed by atoms with Gasteiger partial charge >= 0.3 is 5.97 Å². The molecule has 2 aromatic heterocycles. The lowest BCUT2D eigenvalue weighted by Gasteiger charge is -2.22. The maximum atomic E-state index is 12.7. The average Bonchev–Trinajstić information content (AvgIpc) is 3.06. The predicted molar refractivity (Wildman–Crippen MR) is 85.3 cm³/mol. The van der Waals surface area contributed by atoms with E-state index in [4.69, 9.17) is 4.74 Å². The zero-order chi connectivity index (χ0) is 16.2. The van der Waals surface area contributed by atoms with E-state index in [2.05, 4.69) is 25.9 Å². The molecule has 116 valence electrons. The molecule has 23 heavy (non-hydrogen) atoms. The molecule has 1 atom stereocenters. The van der Waals surface area contributed by atoms with Gasteiger partial charge in [-0.05, 0) is 45.6 Å². The van der Waals surface area contributed by atoms with Crippen LogP contribution in [-0.4, -0.2) is 28.8 Å². The molecule has 4 rings (SSSR count). The Kier molecular flexibility index (Phi) is 3.13. The molecular formula is C17H13BrN2O3. The lowest BCUT2D eigenvalue weighted by atomic mass is 9.79. The second-order valence-corrected chi connectivity index (χ2v) is 6.92. The van der Waals surface area contributed by atoms with Crippen LogP contribution in [0.2, 0.25) is 0 Å². The number of nitrogens with zero attached hydrogens (tertiary/aromatic N) is 2. The van der Waals surface area contributed by atoms with Crippen LogP contribution >= 0.6 is 15.9 Å². The maximum Gasteiger partial charge on any atom is 0.339 e. The van der Waals surface area contributed by atoms with Gasteiger partial charge in [-0.3, -0.25) is 14.8 Å². The molecule has 6 heteroatoms. The Balaban J connectivity index is 1.80. The summed E-state index contributed by atoms with van der Waals surface area (Å²) in [7, 11) is 1.34. The number of ether oxygens (including phenoxy) is 1. The minimum absolute atomic E-state index is 0.177. The maximum absolute atomic E-state index is 12.7. The van der Waals surface area contributed by atoms with Crippen molar-refractivity contribution in [3.8, 4) is 0 Å². The van der Waals surface area contributed by atoms with E-state index in [1.807, 2.05) is 6.07 Å². The van der Waals surface area contributed by atoms with Gasteiger partial charge in [0.1, 0.15) is 5.78 Å². The summed E-state index contributed by atoms with van der Waals surface area (Å²) < 4.78 is 5.61. The number of pyridine rings is 2. The van der Waals surface area contributed by atoms with Crippen LogP contribution in [0.25, 0.3) is 0 Å². The predicted octanol–water partition coefficient (Wildman–Crippen LogP) is 2.19. The van der Waals surface area contributed by atoms with E-state index in [-0.39, 0.29) is 5.78 Å². The van der Waals surface area contributed by atoms with Crippen LogP contribution in [0, 0.1) is 0 Å². The molecule has 5 nitrogen and oxygen atoms in total. The third kappa shape index (κ3) is 2.05. The van der Waals surface area contributed by atoms with E-state index in [1.165, 1.54) is 13.3 Å². The first-order chi connectivity index (χ1) is 11.0. The highest BCUT2D eigenvalue weighted by Gasteiger charge is 2.51. The average molecular weight is 373 g/mol. The van der Waals surface area contributed by atoms with E-state index in [0.717, 1.165) is 27.0 Å². The number of Topliss-reactive ketones (excluding diaryl/α,β-unsaturated/α-hetero) is 1. The number of methoxy groups -OCH3 is 1. The minimum atomic E-state index is -0.587. The number of rotatable bonds is 1. The molecule has 2 heterocycles. The van der Waals surface area contributed by atoms with Gasteiger partial charge in [0.15, 0.2) is 0 Å². The molecule has 0 amide bonds.